The first-order valence-corrected chi connectivity index (χ1v) is 29.9. The molecule has 6 N–H and O–H groups in total. The monoisotopic (exact) mass is 1200 g/mol. The number of alkyl halides is 6. The molecule has 3 heterocycles. The van der Waals surface area contributed by atoms with Crippen molar-refractivity contribution in [3.05, 3.63) is 149 Å². The van der Waals surface area contributed by atoms with Crippen LogP contribution in [0.4, 0.5) is 48.2 Å². The molecular weight excluding hydrogens is 1120 g/mol. The number of halogens is 6. The number of likely N-dealkylation sites (tertiary alicyclic amines) is 1. The minimum atomic E-state index is -4.63. The van der Waals surface area contributed by atoms with Gasteiger partial charge in [-0.1, -0.05) is 73.1 Å². The van der Waals surface area contributed by atoms with Gasteiger partial charge >= 0.3 is 18.4 Å². The minimum Gasteiger partial charge on any atom is -0.391 e. The molecule has 2 saturated heterocycles. The van der Waals surface area contributed by atoms with E-state index >= 15 is 0 Å². The second kappa shape index (κ2) is 28.9. The number of anilines is 3. The molecule has 4 aliphatic rings. The van der Waals surface area contributed by atoms with E-state index in [2.05, 4.69) is 38.3 Å². The third-order valence-electron chi connectivity index (χ3n) is 17.1. The number of likely N-dealkylation sites (N-methyl/N-ethyl adjacent to an activating group) is 1. The molecule has 3 unspecified atom stereocenters. The third-order valence-corrected chi connectivity index (χ3v) is 17.1. The van der Waals surface area contributed by atoms with E-state index in [1.165, 1.54) is 24.3 Å². The molecular formula is C65H81F6N9O6. The lowest BCUT2D eigenvalue weighted by atomic mass is 9.74. The lowest BCUT2D eigenvalue weighted by Crippen LogP contribution is -2.39. The predicted octanol–water partition coefficient (Wildman–Crippen LogP) is 12.0. The van der Waals surface area contributed by atoms with Gasteiger partial charge in [0.1, 0.15) is 12.8 Å². The van der Waals surface area contributed by atoms with Crippen molar-refractivity contribution in [2.24, 2.45) is 5.16 Å². The van der Waals surface area contributed by atoms with Crippen LogP contribution in [0.15, 0.2) is 115 Å². The smallest absolute Gasteiger partial charge is 0.391 e. The number of hydrogen-bond acceptors (Lipinski definition) is 10. The van der Waals surface area contributed by atoms with Crippen molar-refractivity contribution < 1.29 is 55.5 Å². The molecule has 8 rings (SSSR count). The van der Waals surface area contributed by atoms with Crippen LogP contribution in [0.2, 0.25) is 0 Å². The number of carbonyl (C=O) groups excluding carboxylic acids is 4. The number of benzene rings is 4. The summed E-state index contributed by atoms with van der Waals surface area (Å²) in [4.78, 5) is 61.2. The van der Waals surface area contributed by atoms with Crippen LogP contribution in [-0.4, -0.2) is 115 Å². The van der Waals surface area contributed by atoms with Crippen molar-refractivity contribution in [1.29, 1.82) is 0 Å². The summed E-state index contributed by atoms with van der Waals surface area (Å²) in [7, 11) is 1.93. The van der Waals surface area contributed by atoms with Gasteiger partial charge in [-0.2, -0.15) is 26.3 Å². The summed E-state index contributed by atoms with van der Waals surface area (Å²) in [5, 5.41) is 30.9. The number of aliphatic hydroxyl groups is 1. The maximum Gasteiger partial charge on any atom is 0.416 e. The Morgan fingerprint density at radius 2 is 1.63 bits per heavy atom. The number of amides is 5. The van der Waals surface area contributed by atoms with Gasteiger partial charge in [0.15, 0.2) is 0 Å². The maximum atomic E-state index is 14.9. The van der Waals surface area contributed by atoms with Crippen LogP contribution < -0.4 is 31.5 Å². The molecule has 3 aliphatic heterocycles. The topological polar surface area (TPSA) is 180 Å². The summed E-state index contributed by atoms with van der Waals surface area (Å²) in [5.74, 6) is -1.60. The van der Waals surface area contributed by atoms with Crippen LogP contribution in [0.1, 0.15) is 155 Å². The normalized spacial score (nSPS) is 21.9. The first-order chi connectivity index (χ1) is 41.0. The van der Waals surface area contributed by atoms with Crippen molar-refractivity contribution in [3.63, 3.8) is 0 Å². The number of unbranched alkanes of at least 4 members (excludes halogenated alkanes) is 3. The number of aliphatic hydroxyl groups excluding tert-OH is 1. The van der Waals surface area contributed by atoms with Crippen LogP contribution in [0.3, 0.4) is 0 Å². The van der Waals surface area contributed by atoms with Crippen molar-refractivity contribution in [2.75, 3.05) is 61.8 Å². The third kappa shape index (κ3) is 17.4. The Balaban J connectivity index is 0.857. The molecule has 0 radical (unpaired) electrons. The van der Waals surface area contributed by atoms with E-state index in [1.807, 2.05) is 68.3 Å². The number of urea groups is 1. The SMILES string of the molecule is C=CC(=O)N1CCC(C)(Nc2cccc(/C(C)=N/OCc3ccc(C4CCC(c5ccc6c(c5)N(C(=O)/C=C/CN(C)CCCCNC(=O)CCCCC[C@H]5NC(=O)N[C@H]5C)CC6C(O)Nc5cccc(C(F)(F)F)c5)CC4)c(C(F)(F)F)c3)c2)C1. The first-order valence-electron chi connectivity index (χ1n) is 29.9. The summed E-state index contributed by atoms with van der Waals surface area (Å²) in [6.45, 7) is 12.0. The highest BCUT2D eigenvalue weighted by Crippen LogP contribution is 2.47. The van der Waals surface area contributed by atoms with E-state index < -0.39 is 35.6 Å². The van der Waals surface area contributed by atoms with Gasteiger partial charge in [0.05, 0.1) is 28.4 Å². The second-order valence-corrected chi connectivity index (χ2v) is 23.8. The average Bonchev–Trinajstić information content (AvgIpc) is 1.68. The van der Waals surface area contributed by atoms with Gasteiger partial charge < -0.3 is 51.2 Å². The zero-order chi connectivity index (χ0) is 61.8. The zero-order valence-electron chi connectivity index (χ0n) is 49.5. The van der Waals surface area contributed by atoms with Gasteiger partial charge in [-0.15, -0.1) is 0 Å². The van der Waals surface area contributed by atoms with Gasteiger partial charge in [-0.25, -0.2) is 4.79 Å². The highest BCUT2D eigenvalue weighted by molar-refractivity contribution is 6.03. The van der Waals surface area contributed by atoms with Crippen molar-refractivity contribution in [2.45, 2.75) is 158 Å². The summed E-state index contributed by atoms with van der Waals surface area (Å²) < 4.78 is 85.5. The molecule has 0 bridgehead atoms. The van der Waals surface area contributed by atoms with Gasteiger partial charge in [0.2, 0.25) is 11.8 Å². The number of nitrogens with zero attached hydrogens (tertiary/aromatic N) is 4. The summed E-state index contributed by atoms with van der Waals surface area (Å²) in [5.41, 5.74) is 2.81. The Bertz CT molecular complexity index is 3090. The van der Waals surface area contributed by atoms with Gasteiger partial charge in [0, 0.05) is 79.8 Å². The molecule has 15 nitrogen and oxygen atoms in total. The molecule has 1 aliphatic carbocycles. The van der Waals surface area contributed by atoms with E-state index in [4.69, 9.17) is 4.84 Å². The molecule has 21 heteroatoms. The van der Waals surface area contributed by atoms with Crippen LogP contribution in [0.25, 0.3) is 0 Å². The highest BCUT2D eigenvalue weighted by Gasteiger charge is 2.40. The number of nitrogens with one attached hydrogen (secondary N) is 5. The number of hydrogen-bond donors (Lipinski definition) is 6. The molecule has 464 valence electrons. The van der Waals surface area contributed by atoms with Gasteiger partial charge in [-0.3, -0.25) is 14.4 Å². The Hall–Kier alpha value is -7.39. The first kappa shape index (κ1) is 64.6. The zero-order valence-corrected chi connectivity index (χ0v) is 49.5. The van der Waals surface area contributed by atoms with Crippen molar-refractivity contribution in [1.82, 2.24) is 25.8 Å². The standard InChI is InChI=1S/C65H81F6N9O6/c1-6-59(82)79-34-30-63(4,41-79)76-51-18-12-15-47(36-51)42(2)77-86-40-44-22-28-52(55(35-44)65(69,70)71)46-25-23-45(24-26-46)48-27-29-53-54(61(84)74-50-17-13-16-49(38-50)64(66,67)68)39-80(57(53)37-48)60(83)21-14-33-78(5)32-11-10-31-72-58(81)20-9-7-8-19-56-43(3)73-62(85)75-56/h6,12-18,21-22,27-29,35-38,43,45-46,54,56,61,74,76,84H,1,7-11,19-20,23-26,30-34,39-41H2,2-5H3,(H,72,81)(H2,73,75,85)/b21-14+,77-42+/t43-,45?,46?,54?,56+,61?,63?/m0/s1. The quantitative estimate of drug-likeness (QED) is 0.00891. The summed E-state index contributed by atoms with van der Waals surface area (Å²) >= 11 is 0. The summed E-state index contributed by atoms with van der Waals surface area (Å²) in [6.07, 6.45) is 2.26. The van der Waals surface area contributed by atoms with E-state index in [9.17, 15) is 50.6 Å². The van der Waals surface area contributed by atoms with Crippen LogP contribution in [0.5, 0.6) is 0 Å². The van der Waals surface area contributed by atoms with Crippen molar-refractivity contribution in [3.8, 4) is 0 Å². The fourth-order valence-corrected chi connectivity index (χ4v) is 12.3. The molecule has 0 aromatic heterocycles. The molecule has 3 fully saturated rings. The minimum absolute atomic E-state index is 0.0105. The highest BCUT2D eigenvalue weighted by atomic mass is 19.4. The maximum absolute atomic E-state index is 14.9. The molecule has 86 heavy (non-hydrogen) atoms. The van der Waals surface area contributed by atoms with Crippen LogP contribution >= 0.6 is 0 Å². The van der Waals surface area contributed by atoms with Gasteiger partial charge in [-0.05, 0) is 175 Å². The average molecular weight is 1200 g/mol. The number of fused-ring (bicyclic) bond motifs is 1. The summed E-state index contributed by atoms with van der Waals surface area (Å²) in [6, 6.07) is 22.1. The molecule has 4 aromatic rings. The van der Waals surface area contributed by atoms with E-state index in [0.717, 1.165) is 80.0 Å². The number of carbonyl (C=O) groups is 4. The molecule has 4 aromatic carbocycles. The molecule has 0 spiro atoms. The van der Waals surface area contributed by atoms with Gasteiger partial charge in [0.25, 0.3) is 5.91 Å². The van der Waals surface area contributed by atoms with E-state index in [1.54, 1.807) is 34.9 Å². The Labute approximate surface area is 500 Å². The number of rotatable bonds is 26. The lowest BCUT2D eigenvalue weighted by Gasteiger charge is -2.31. The van der Waals surface area contributed by atoms with E-state index in [-0.39, 0.29) is 77.6 Å². The fourth-order valence-electron chi connectivity index (χ4n) is 12.3. The fraction of sp³-hybridized carbons (Fsp3) is 0.492. The predicted molar refractivity (Wildman–Crippen MR) is 322 cm³/mol. The van der Waals surface area contributed by atoms with Crippen LogP contribution in [-0.2, 0) is 38.2 Å². The number of oxime groups is 1. The largest absolute Gasteiger partial charge is 0.416 e. The van der Waals surface area contributed by atoms with E-state index in [0.29, 0.717) is 87.4 Å². The molecule has 5 atom stereocenters. The molecule has 5 amide bonds. The second-order valence-electron chi connectivity index (χ2n) is 23.8. The Morgan fingerprint density at radius 1 is 0.884 bits per heavy atom. The molecule has 1 saturated carbocycles. The van der Waals surface area contributed by atoms with Crippen molar-refractivity contribution >= 4 is 46.5 Å². The Morgan fingerprint density at radius 3 is 2.36 bits per heavy atom. The van der Waals surface area contributed by atoms with Crippen LogP contribution in [0, 0.1) is 0 Å². The lowest BCUT2D eigenvalue weighted by molar-refractivity contribution is -0.139. The Kier molecular flexibility index (Phi) is 21.7.